The summed E-state index contributed by atoms with van der Waals surface area (Å²) in [4.78, 5) is 22.9. The van der Waals surface area contributed by atoms with Gasteiger partial charge in [-0.15, -0.1) is 0 Å². The summed E-state index contributed by atoms with van der Waals surface area (Å²) < 4.78 is 0. The van der Waals surface area contributed by atoms with Gasteiger partial charge in [0, 0.05) is 23.8 Å². The van der Waals surface area contributed by atoms with E-state index in [4.69, 9.17) is 11.6 Å². The maximum atomic E-state index is 12.5. The van der Waals surface area contributed by atoms with Crippen molar-refractivity contribution >= 4 is 29.0 Å². The Kier molecular flexibility index (Phi) is 6.55. The van der Waals surface area contributed by atoms with Crippen LogP contribution in [0, 0.1) is 6.92 Å². The number of amides is 1. The molecule has 0 fully saturated rings. The number of carbonyl (C=O) groups excluding carboxylic acids is 1. The smallest absolute Gasteiger partial charge is 0.274 e. The monoisotopic (exact) mass is 346 g/mol. The molecule has 6 heteroatoms. The van der Waals surface area contributed by atoms with Gasteiger partial charge >= 0.3 is 0 Å². The molecule has 0 atom stereocenters. The van der Waals surface area contributed by atoms with Crippen molar-refractivity contribution in [1.29, 1.82) is 0 Å². The van der Waals surface area contributed by atoms with Crippen molar-refractivity contribution in [3.63, 3.8) is 0 Å². The fourth-order valence-corrected chi connectivity index (χ4v) is 2.65. The highest BCUT2D eigenvalue weighted by Gasteiger charge is 2.16. The van der Waals surface area contributed by atoms with E-state index in [1.165, 1.54) is 6.20 Å². The second-order valence-corrected chi connectivity index (χ2v) is 6.10. The van der Waals surface area contributed by atoms with Crippen LogP contribution in [0.3, 0.4) is 0 Å². The zero-order chi connectivity index (χ0) is 17.5. The first-order chi connectivity index (χ1) is 11.5. The number of hydrogen-bond acceptors (Lipinski definition) is 4. The van der Waals surface area contributed by atoms with Crippen LogP contribution < -0.4 is 5.32 Å². The van der Waals surface area contributed by atoms with E-state index in [9.17, 15) is 4.79 Å². The number of nitrogens with zero attached hydrogens (tertiary/aromatic N) is 3. The predicted octanol–water partition coefficient (Wildman–Crippen LogP) is 4.44. The largest absolute Gasteiger partial charge is 0.339 e. The second-order valence-electron chi connectivity index (χ2n) is 5.66. The van der Waals surface area contributed by atoms with Crippen LogP contribution in [0.5, 0.6) is 0 Å². The van der Waals surface area contributed by atoms with Crippen LogP contribution in [0.25, 0.3) is 0 Å². The highest BCUT2D eigenvalue weighted by Crippen LogP contribution is 2.22. The quantitative estimate of drug-likeness (QED) is 0.805. The van der Waals surface area contributed by atoms with Gasteiger partial charge in [0.2, 0.25) is 0 Å². The highest BCUT2D eigenvalue weighted by molar-refractivity contribution is 6.30. The van der Waals surface area contributed by atoms with Crippen LogP contribution in [0.4, 0.5) is 11.5 Å². The van der Waals surface area contributed by atoms with E-state index in [1.807, 2.05) is 30.0 Å². The zero-order valence-corrected chi connectivity index (χ0v) is 15.1. The molecule has 0 saturated heterocycles. The lowest BCUT2D eigenvalue weighted by Gasteiger charge is -2.20. The summed E-state index contributed by atoms with van der Waals surface area (Å²) in [6.45, 7) is 7.55. The Balaban J connectivity index is 2.10. The lowest BCUT2D eigenvalue weighted by atomic mass is 10.2. The molecule has 1 heterocycles. The molecule has 0 saturated carbocycles. The van der Waals surface area contributed by atoms with E-state index in [-0.39, 0.29) is 5.91 Å². The van der Waals surface area contributed by atoms with Crippen LogP contribution in [0.1, 0.15) is 42.7 Å². The summed E-state index contributed by atoms with van der Waals surface area (Å²) in [5, 5.41) is 3.88. The molecule has 24 heavy (non-hydrogen) atoms. The van der Waals surface area contributed by atoms with Crippen LogP contribution >= 0.6 is 11.6 Å². The molecule has 0 aliphatic carbocycles. The van der Waals surface area contributed by atoms with Gasteiger partial charge in [0.1, 0.15) is 11.5 Å². The number of rotatable bonds is 7. The molecule has 0 radical (unpaired) electrons. The second kappa shape index (κ2) is 8.64. The van der Waals surface area contributed by atoms with Crippen molar-refractivity contribution in [3.05, 3.63) is 46.9 Å². The molecule has 0 spiro atoms. The Morgan fingerprint density at radius 2 is 1.88 bits per heavy atom. The molecule has 128 valence electrons. The number of aromatic nitrogens is 2. The standard InChI is InChI=1S/C18H23ClN4O/c1-4-8-23(9-5-2)18(24)16-11-21-17(12-20-16)22-15-7-6-14(19)10-13(15)3/h6-7,10-12H,4-5,8-9H2,1-3H3,(H,21,22). The maximum absolute atomic E-state index is 12.5. The third-order valence-electron chi connectivity index (χ3n) is 3.60. The fourth-order valence-electron chi connectivity index (χ4n) is 2.43. The SMILES string of the molecule is CCCN(CCC)C(=O)c1cnc(Nc2ccc(Cl)cc2C)cn1. The number of carbonyl (C=O) groups is 1. The molecule has 1 aromatic carbocycles. The topological polar surface area (TPSA) is 58.1 Å². The first-order valence-electron chi connectivity index (χ1n) is 8.19. The molecular weight excluding hydrogens is 324 g/mol. The minimum absolute atomic E-state index is 0.0691. The molecule has 2 aromatic rings. The number of anilines is 2. The summed E-state index contributed by atoms with van der Waals surface area (Å²) >= 11 is 5.96. The molecule has 0 unspecified atom stereocenters. The molecule has 5 nitrogen and oxygen atoms in total. The average molecular weight is 347 g/mol. The molecule has 2 rings (SSSR count). The van der Waals surface area contributed by atoms with Crippen LogP contribution in [-0.4, -0.2) is 33.9 Å². The summed E-state index contributed by atoms with van der Waals surface area (Å²) in [6, 6.07) is 5.58. The first-order valence-corrected chi connectivity index (χ1v) is 8.57. The van der Waals surface area contributed by atoms with Gasteiger partial charge in [-0.05, 0) is 43.5 Å². The van der Waals surface area contributed by atoms with Gasteiger partial charge in [0.25, 0.3) is 5.91 Å². The number of halogens is 1. The lowest BCUT2D eigenvalue weighted by Crippen LogP contribution is -2.33. The summed E-state index contributed by atoms with van der Waals surface area (Å²) in [7, 11) is 0. The van der Waals surface area contributed by atoms with Crippen molar-refractivity contribution in [2.24, 2.45) is 0 Å². The van der Waals surface area contributed by atoms with Crippen molar-refractivity contribution in [1.82, 2.24) is 14.9 Å². The highest BCUT2D eigenvalue weighted by atomic mass is 35.5. The first kappa shape index (κ1) is 18.2. The van der Waals surface area contributed by atoms with Crippen molar-refractivity contribution < 1.29 is 4.79 Å². The third-order valence-corrected chi connectivity index (χ3v) is 3.83. The molecule has 1 aromatic heterocycles. The Hall–Kier alpha value is -2.14. The van der Waals surface area contributed by atoms with Crippen LogP contribution in [0.2, 0.25) is 5.02 Å². The maximum Gasteiger partial charge on any atom is 0.274 e. The number of benzene rings is 1. The number of nitrogens with one attached hydrogen (secondary N) is 1. The van der Waals surface area contributed by atoms with E-state index in [0.29, 0.717) is 16.5 Å². The van der Waals surface area contributed by atoms with Crippen LogP contribution in [0.15, 0.2) is 30.6 Å². The van der Waals surface area contributed by atoms with Crippen LogP contribution in [-0.2, 0) is 0 Å². The molecular formula is C18H23ClN4O. The molecule has 0 aliphatic heterocycles. The van der Waals surface area contributed by atoms with Gasteiger partial charge in [0.05, 0.1) is 12.4 Å². The number of aryl methyl sites for hydroxylation is 1. The predicted molar refractivity (Wildman–Crippen MR) is 98.0 cm³/mol. The Labute approximate surface area is 148 Å². The van der Waals surface area contributed by atoms with E-state index in [0.717, 1.165) is 37.2 Å². The summed E-state index contributed by atoms with van der Waals surface area (Å²) in [5.74, 6) is 0.523. The molecule has 0 aliphatic rings. The number of hydrogen-bond donors (Lipinski definition) is 1. The van der Waals surface area contributed by atoms with E-state index in [2.05, 4.69) is 29.1 Å². The van der Waals surface area contributed by atoms with Gasteiger partial charge < -0.3 is 10.2 Å². The van der Waals surface area contributed by atoms with Gasteiger partial charge in [0.15, 0.2) is 0 Å². The zero-order valence-electron chi connectivity index (χ0n) is 14.3. The van der Waals surface area contributed by atoms with E-state index < -0.39 is 0 Å². The molecule has 1 amide bonds. The Morgan fingerprint density at radius 3 is 2.42 bits per heavy atom. The summed E-state index contributed by atoms with van der Waals surface area (Å²) in [6.07, 6.45) is 4.95. The lowest BCUT2D eigenvalue weighted by molar-refractivity contribution is 0.0749. The van der Waals surface area contributed by atoms with Crippen molar-refractivity contribution in [2.75, 3.05) is 18.4 Å². The average Bonchev–Trinajstić information content (AvgIpc) is 2.57. The minimum Gasteiger partial charge on any atom is -0.339 e. The third kappa shape index (κ3) is 4.68. The normalized spacial score (nSPS) is 10.5. The van der Waals surface area contributed by atoms with Crippen molar-refractivity contribution in [3.8, 4) is 0 Å². The van der Waals surface area contributed by atoms with Crippen molar-refractivity contribution in [2.45, 2.75) is 33.6 Å². The van der Waals surface area contributed by atoms with Gasteiger partial charge in [-0.25, -0.2) is 9.97 Å². The minimum atomic E-state index is -0.0691. The van der Waals surface area contributed by atoms with Gasteiger partial charge in [-0.1, -0.05) is 25.4 Å². The Bertz CT molecular complexity index is 682. The van der Waals surface area contributed by atoms with E-state index >= 15 is 0 Å². The molecule has 0 bridgehead atoms. The molecule has 1 N–H and O–H groups in total. The van der Waals surface area contributed by atoms with Gasteiger partial charge in [-0.3, -0.25) is 4.79 Å². The summed E-state index contributed by atoms with van der Waals surface area (Å²) in [5.41, 5.74) is 2.29. The van der Waals surface area contributed by atoms with E-state index in [1.54, 1.807) is 6.20 Å². The van der Waals surface area contributed by atoms with Gasteiger partial charge in [-0.2, -0.15) is 0 Å². The Morgan fingerprint density at radius 1 is 1.17 bits per heavy atom. The fraction of sp³-hybridized carbons (Fsp3) is 0.389.